The third-order valence-electron chi connectivity index (χ3n) is 4.43. The molecule has 1 N–H and O–H groups in total. The Balaban J connectivity index is 2.20. The van der Waals surface area contributed by atoms with Crippen molar-refractivity contribution in [3.63, 3.8) is 0 Å². The Morgan fingerprint density at radius 3 is 2.04 bits per heavy atom. The van der Waals surface area contributed by atoms with Crippen molar-refractivity contribution >= 4 is 5.97 Å². The molecule has 1 aliphatic heterocycles. The number of hydrogen-bond acceptors (Lipinski definition) is 4. The molecule has 2 aromatic carbocycles. The van der Waals surface area contributed by atoms with Gasteiger partial charge in [0.15, 0.2) is 5.60 Å². The molecule has 0 bridgehead atoms. The Morgan fingerprint density at radius 1 is 1.04 bits per heavy atom. The third kappa shape index (κ3) is 3.14. The highest BCUT2D eigenvalue weighted by atomic mass is 16.6. The van der Waals surface area contributed by atoms with Crippen LogP contribution in [0.4, 0.5) is 0 Å². The van der Waals surface area contributed by atoms with Gasteiger partial charge in [-0.25, -0.2) is 0 Å². The first-order valence-electron chi connectivity index (χ1n) is 8.60. The zero-order valence-corrected chi connectivity index (χ0v) is 14.9. The summed E-state index contributed by atoms with van der Waals surface area (Å²) in [6, 6.07) is 15.2. The molecule has 0 radical (unpaired) electrons. The lowest BCUT2D eigenvalue weighted by Gasteiger charge is -2.41. The fourth-order valence-electron chi connectivity index (χ4n) is 3.11. The predicted molar refractivity (Wildman–Crippen MR) is 95.6 cm³/mol. The zero-order valence-electron chi connectivity index (χ0n) is 14.9. The van der Waals surface area contributed by atoms with Crippen LogP contribution in [0.2, 0.25) is 0 Å². The monoisotopic (exact) mass is 340 g/mol. The largest absolute Gasteiger partial charge is 0.456 e. The second-order valence-corrected chi connectivity index (χ2v) is 7.39. The molecule has 0 aromatic heterocycles. The number of ether oxygens (including phenoxy) is 2. The molecule has 0 amide bonds. The van der Waals surface area contributed by atoms with Crippen LogP contribution in [-0.4, -0.2) is 17.7 Å². The molecule has 0 saturated carbocycles. The molecule has 3 rings (SSSR count). The molecule has 1 aliphatic rings. The second-order valence-electron chi connectivity index (χ2n) is 7.39. The fraction of sp³-hybridized carbons (Fsp3) is 0.381. The van der Waals surface area contributed by atoms with Crippen LogP contribution in [0, 0.1) is 5.41 Å². The minimum Gasteiger partial charge on any atom is -0.456 e. The lowest BCUT2D eigenvalue weighted by Crippen LogP contribution is -2.40. The number of benzene rings is 2. The van der Waals surface area contributed by atoms with Crippen molar-refractivity contribution in [3.8, 4) is 11.5 Å². The number of aliphatic hydroxyl groups excluding tert-OH is 1. The Morgan fingerprint density at radius 2 is 1.56 bits per heavy atom. The normalized spacial score (nSPS) is 14.9. The topological polar surface area (TPSA) is 55.8 Å². The summed E-state index contributed by atoms with van der Waals surface area (Å²) in [4.78, 5) is 12.8. The van der Waals surface area contributed by atoms with E-state index in [0.717, 1.165) is 11.1 Å². The molecular formula is C21H24O4. The number of hydrogen-bond donors (Lipinski definition) is 1. The first-order valence-corrected chi connectivity index (χ1v) is 8.60. The second kappa shape index (κ2) is 6.52. The molecule has 0 fully saturated rings. The van der Waals surface area contributed by atoms with Gasteiger partial charge in [-0.3, -0.25) is 4.79 Å². The van der Waals surface area contributed by atoms with E-state index >= 15 is 0 Å². The number of para-hydroxylation sites is 2. The first kappa shape index (κ1) is 17.5. The summed E-state index contributed by atoms with van der Waals surface area (Å²) in [5, 5.41) is 9.43. The molecule has 2 aromatic rings. The molecule has 0 atom stereocenters. The SMILES string of the molecule is CC(C)(C)C(=O)OC1(CCCO)c2ccccc2Oc2ccccc21. The van der Waals surface area contributed by atoms with E-state index in [1.54, 1.807) is 0 Å². The highest BCUT2D eigenvalue weighted by molar-refractivity contribution is 5.77. The van der Waals surface area contributed by atoms with Gasteiger partial charge in [-0.1, -0.05) is 36.4 Å². The van der Waals surface area contributed by atoms with E-state index in [4.69, 9.17) is 9.47 Å². The molecule has 4 heteroatoms. The summed E-state index contributed by atoms with van der Waals surface area (Å²) < 4.78 is 12.2. The highest BCUT2D eigenvalue weighted by Gasteiger charge is 2.46. The summed E-state index contributed by atoms with van der Waals surface area (Å²) >= 11 is 0. The van der Waals surface area contributed by atoms with Crippen LogP contribution in [0.5, 0.6) is 11.5 Å². The molecule has 132 valence electrons. The van der Waals surface area contributed by atoms with Crippen molar-refractivity contribution in [1.82, 2.24) is 0 Å². The molecule has 1 heterocycles. The van der Waals surface area contributed by atoms with Crippen LogP contribution in [0.15, 0.2) is 48.5 Å². The van der Waals surface area contributed by atoms with Crippen LogP contribution in [0.3, 0.4) is 0 Å². The molecule has 4 nitrogen and oxygen atoms in total. The van der Waals surface area contributed by atoms with E-state index < -0.39 is 11.0 Å². The average molecular weight is 340 g/mol. The highest BCUT2D eigenvalue weighted by Crippen LogP contribution is 2.51. The minimum absolute atomic E-state index is 0.0278. The maximum atomic E-state index is 12.8. The molecule has 0 aliphatic carbocycles. The van der Waals surface area contributed by atoms with Gasteiger partial charge in [-0.05, 0) is 45.7 Å². The molecule has 0 saturated heterocycles. The smallest absolute Gasteiger partial charge is 0.312 e. The van der Waals surface area contributed by atoms with Crippen molar-refractivity contribution in [2.75, 3.05) is 6.61 Å². The van der Waals surface area contributed by atoms with Gasteiger partial charge >= 0.3 is 5.97 Å². The van der Waals surface area contributed by atoms with E-state index in [1.165, 1.54) is 0 Å². The predicted octanol–water partition coefficient (Wildman–Crippen LogP) is 4.40. The summed E-state index contributed by atoms with van der Waals surface area (Å²) in [5.41, 5.74) is 0.0481. The van der Waals surface area contributed by atoms with Crippen LogP contribution < -0.4 is 4.74 Å². The van der Waals surface area contributed by atoms with Gasteiger partial charge in [0.05, 0.1) is 5.41 Å². The lowest BCUT2D eigenvalue weighted by molar-refractivity contribution is -0.168. The number of esters is 1. The number of rotatable bonds is 4. The van der Waals surface area contributed by atoms with Crippen molar-refractivity contribution in [2.45, 2.75) is 39.2 Å². The number of fused-ring (bicyclic) bond motifs is 2. The van der Waals surface area contributed by atoms with E-state index in [9.17, 15) is 9.90 Å². The Kier molecular flexibility index (Phi) is 4.56. The zero-order chi connectivity index (χ0) is 18.1. The van der Waals surface area contributed by atoms with E-state index in [2.05, 4.69) is 0 Å². The Hall–Kier alpha value is -2.33. The third-order valence-corrected chi connectivity index (χ3v) is 4.43. The van der Waals surface area contributed by atoms with Crippen LogP contribution in [0.25, 0.3) is 0 Å². The quantitative estimate of drug-likeness (QED) is 0.838. The maximum Gasteiger partial charge on any atom is 0.312 e. The molecular weight excluding hydrogens is 316 g/mol. The van der Waals surface area contributed by atoms with Crippen LogP contribution >= 0.6 is 0 Å². The fourth-order valence-corrected chi connectivity index (χ4v) is 3.11. The summed E-state index contributed by atoms with van der Waals surface area (Å²) in [7, 11) is 0. The van der Waals surface area contributed by atoms with Gasteiger partial charge in [0.2, 0.25) is 0 Å². The van der Waals surface area contributed by atoms with Gasteiger partial charge in [0.25, 0.3) is 0 Å². The summed E-state index contributed by atoms with van der Waals surface area (Å²) in [6.45, 7) is 5.55. The first-order chi connectivity index (χ1) is 11.9. The van der Waals surface area contributed by atoms with E-state index in [0.29, 0.717) is 24.3 Å². The van der Waals surface area contributed by atoms with Crippen molar-refractivity contribution in [2.24, 2.45) is 5.41 Å². The lowest BCUT2D eigenvalue weighted by atomic mass is 9.79. The van der Waals surface area contributed by atoms with Gasteiger partial charge in [-0.2, -0.15) is 0 Å². The van der Waals surface area contributed by atoms with Crippen molar-refractivity contribution < 1.29 is 19.4 Å². The van der Waals surface area contributed by atoms with E-state index in [1.807, 2.05) is 69.3 Å². The minimum atomic E-state index is -0.960. The van der Waals surface area contributed by atoms with E-state index in [-0.39, 0.29) is 12.6 Å². The summed E-state index contributed by atoms with van der Waals surface area (Å²) in [6.07, 6.45) is 1.00. The maximum absolute atomic E-state index is 12.8. The average Bonchev–Trinajstić information content (AvgIpc) is 2.59. The van der Waals surface area contributed by atoms with Crippen LogP contribution in [-0.2, 0) is 15.1 Å². The summed E-state index contributed by atoms with van der Waals surface area (Å²) in [5.74, 6) is 1.08. The van der Waals surface area contributed by atoms with Gasteiger partial charge < -0.3 is 14.6 Å². The number of carbonyl (C=O) groups is 1. The van der Waals surface area contributed by atoms with Gasteiger partial charge in [0, 0.05) is 17.7 Å². The van der Waals surface area contributed by atoms with Crippen molar-refractivity contribution in [3.05, 3.63) is 59.7 Å². The molecule has 25 heavy (non-hydrogen) atoms. The molecule has 0 unspecified atom stereocenters. The van der Waals surface area contributed by atoms with Crippen molar-refractivity contribution in [1.29, 1.82) is 0 Å². The number of aliphatic hydroxyl groups is 1. The van der Waals surface area contributed by atoms with Crippen LogP contribution in [0.1, 0.15) is 44.7 Å². The Labute approximate surface area is 148 Å². The standard InChI is InChI=1S/C21H24O4/c1-20(2,3)19(23)25-21(13-8-14-22)15-9-4-6-11-17(15)24-18-12-7-5-10-16(18)21/h4-7,9-12,22H,8,13-14H2,1-3H3. The number of carbonyl (C=O) groups excluding carboxylic acids is 1. The Bertz CT molecular complexity index is 728. The molecule has 0 spiro atoms. The van der Waals surface area contributed by atoms with Gasteiger partial charge in [-0.15, -0.1) is 0 Å². The van der Waals surface area contributed by atoms with Gasteiger partial charge in [0.1, 0.15) is 11.5 Å².